The number of piperidine rings is 2. The van der Waals surface area contributed by atoms with E-state index in [1.807, 2.05) is 0 Å². The first-order valence-corrected chi connectivity index (χ1v) is 8.43. The van der Waals surface area contributed by atoms with Gasteiger partial charge in [-0.25, -0.2) is 0 Å². The number of nitrogens with zero attached hydrogens (tertiary/aromatic N) is 2. The van der Waals surface area contributed by atoms with E-state index in [9.17, 15) is 4.79 Å². The van der Waals surface area contributed by atoms with Crippen molar-refractivity contribution in [2.24, 2.45) is 11.8 Å². The number of carbonyl (C=O) groups excluding carboxylic acids is 1. The number of amides is 1. The van der Waals surface area contributed by atoms with Gasteiger partial charge in [0.05, 0.1) is 0 Å². The third-order valence-corrected chi connectivity index (χ3v) is 5.27. The lowest BCUT2D eigenvalue weighted by Gasteiger charge is -2.34. The second kappa shape index (κ2) is 6.44. The molecular weight excluding hydrogens is 250 g/mol. The first kappa shape index (κ1) is 14.3. The van der Waals surface area contributed by atoms with Gasteiger partial charge in [-0.3, -0.25) is 4.79 Å². The summed E-state index contributed by atoms with van der Waals surface area (Å²) in [5.41, 5.74) is 0. The Morgan fingerprint density at radius 2 is 1.65 bits per heavy atom. The zero-order valence-corrected chi connectivity index (χ0v) is 12.8. The quantitative estimate of drug-likeness (QED) is 0.843. The van der Waals surface area contributed by atoms with Crippen LogP contribution in [0.2, 0.25) is 0 Å². The molecule has 3 rings (SSSR count). The van der Waals surface area contributed by atoms with E-state index < -0.39 is 0 Å². The van der Waals surface area contributed by atoms with Gasteiger partial charge in [0.2, 0.25) is 5.91 Å². The van der Waals surface area contributed by atoms with E-state index >= 15 is 0 Å². The molecule has 2 saturated heterocycles. The first-order chi connectivity index (χ1) is 9.72. The van der Waals surface area contributed by atoms with Gasteiger partial charge in [0, 0.05) is 25.0 Å². The van der Waals surface area contributed by atoms with E-state index in [0.29, 0.717) is 17.9 Å². The van der Waals surface area contributed by atoms with Gasteiger partial charge >= 0.3 is 0 Å². The van der Waals surface area contributed by atoms with E-state index in [-0.39, 0.29) is 0 Å². The highest BCUT2D eigenvalue weighted by Gasteiger charge is 2.34. The standard InChI is InChI=1S/C16H29N3O/c1-18-8-4-13(5-9-18)12-17-15-6-10-19(11-7-15)16(20)14-2-3-14/h13-15,17H,2-12H2,1H3. The summed E-state index contributed by atoms with van der Waals surface area (Å²) in [6.45, 7) is 5.62. The summed E-state index contributed by atoms with van der Waals surface area (Å²) in [5.74, 6) is 1.68. The molecule has 0 radical (unpaired) electrons. The second-order valence-electron chi connectivity index (χ2n) is 7.03. The first-order valence-electron chi connectivity index (χ1n) is 8.43. The molecule has 1 N–H and O–H groups in total. The molecule has 114 valence electrons. The van der Waals surface area contributed by atoms with E-state index in [2.05, 4.69) is 22.2 Å². The summed E-state index contributed by atoms with van der Waals surface area (Å²) in [4.78, 5) is 16.5. The second-order valence-corrected chi connectivity index (χ2v) is 7.03. The van der Waals surface area contributed by atoms with Crippen LogP contribution in [0.15, 0.2) is 0 Å². The molecule has 1 amide bonds. The van der Waals surface area contributed by atoms with E-state index in [1.54, 1.807) is 0 Å². The molecule has 1 saturated carbocycles. The molecule has 0 aromatic carbocycles. The normalized spacial score (nSPS) is 26.9. The van der Waals surface area contributed by atoms with Crippen LogP contribution in [0.25, 0.3) is 0 Å². The summed E-state index contributed by atoms with van der Waals surface area (Å²) >= 11 is 0. The maximum Gasteiger partial charge on any atom is 0.225 e. The van der Waals surface area contributed by atoms with E-state index in [4.69, 9.17) is 0 Å². The average molecular weight is 279 g/mol. The molecular formula is C16H29N3O. The van der Waals surface area contributed by atoms with Crippen molar-refractivity contribution in [1.82, 2.24) is 15.1 Å². The van der Waals surface area contributed by atoms with Gasteiger partial charge in [0.15, 0.2) is 0 Å². The van der Waals surface area contributed by atoms with Gasteiger partial charge in [-0.15, -0.1) is 0 Å². The van der Waals surface area contributed by atoms with Gasteiger partial charge in [0.25, 0.3) is 0 Å². The molecule has 2 aliphatic heterocycles. The van der Waals surface area contributed by atoms with Crippen LogP contribution in [0, 0.1) is 11.8 Å². The molecule has 0 aromatic heterocycles. The van der Waals surface area contributed by atoms with Crippen LogP contribution in [-0.2, 0) is 4.79 Å². The van der Waals surface area contributed by atoms with Gasteiger partial charge in [-0.05, 0) is 71.1 Å². The fourth-order valence-electron chi connectivity index (χ4n) is 3.49. The van der Waals surface area contributed by atoms with Crippen molar-refractivity contribution in [3.8, 4) is 0 Å². The Hall–Kier alpha value is -0.610. The SMILES string of the molecule is CN1CCC(CNC2CCN(C(=O)C3CC3)CC2)CC1. The van der Waals surface area contributed by atoms with Crippen molar-refractivity contribution in [2.45, 2.75) is 44.6 Å². The molecule has 0 spiro atoms. The number of nitrogens with one attached hydrogen (secondary N) is 1. The summed E-state index contributed by atoms with van der Waals surface area (Å²) in [6.07, 6.45) is 7.22. The Balaban J connectivity index is 1.33. The molecule has 3 fully saturated rings. The lowest BCUT2D eigenvalue weighted by molar-refractivity contribution is -0.133. The van der Waals surface area contributed by atoms with Crippen molar-refractivity contribution in [3.63, 3.8) is 0 Å². The monoisotopic (exact) mass is 279 g/mol. The summed E-state index contributed by atoms with van der Waals surface area (Å²) < 4.78 is 0. The Labute approximate surface area is 122 Å². The predicted molar refractivity (Wildman–Crippen MR) is 80.5 cm³/mol. The minimum Gasteiger partial charge on any atom is -0.342 e. The Kier molecular flexibility index (Phi) is 4.61. The van der Waals surface area contributed by atoms with Crippen LogP contribution in [0.3, 0.4) is 0 Å². The summed E-state index contributed by atoms with van der Waals surface area (Å²) in [7, 11) is 2.22. The lowest BCUT2D eigenvalue weighted by atomic mass is 9.96. The Morgan fingerprint density at radius 3 is 2.25 bits per heavy atom. The molecule has 0 aromatic rings. The fourth-order valence-corrected chi connectivity index (χ4v) is 3.49. The third kappa shape index (κ3) is 3.73. The minimum atomic E-state index is 0.388. The predicted octanol–water partition coefficient (Wildman–Crippen LogP) is 1.32. The van der Waals surface area contributed by atoms with Crippen LogP contribution in [0.4, 0.5) is 0 Å². The van der Waals surface area contributed by atoms with Crippen LogP contribution >= 0.6 is 0 Å². The number of rotatable bonds is 4. The van der Waals surface area contributed by atoms with Crippen LogP contribution in [0.1, 0.15) is 38.5 Å². The van der Waals surface area contributed by atoms with Gasteiger partial charge in [-0.1, -0.05) is 0 Å². The van der Waals surface area contributed by atoms with Gasteiger partial charge in [0.1, 0.15) is 0 Å². The van der Waals surface area contributed by atoms with Gasteiger partial charge in [-0.2, -0.15) is 0 Å². The number of carbonyl (C=O) groups is 1. The van der Waals surface area contributed by atoms with Gasteiger partial charge < -0.3 is 15.1 Å². The van der Waals surface area contributed by atoms with Crippen molar-refractivity contribution in [3.05, 3.63) is 0 Å². The van der Waals surface area contributed by atoms with Crippen LogP contribution < -0.4 is 5.32 Å². The van der Waals surface area contributed by atoms with Crippen LogP contribution in [-0.4, -0.2) is 61.5 Å². The molecule has 0 bridgehead atoms. The number of hydrogen-bond donors (Lipinski definition) is 1. The zero-order valence-electron chi connectivity index (χ0n) is 12.8. The topological polar surface area (TPSA) is 35.6 Å². The number of likely N-dealkylation sites (tertiary alicyclic amines) is 2. The highest BCUT2D eigenvalue weighted by atomic mass is 16.2. The Morgan fingerprint density at radius 1 is 1.00 bits per heavy atom. The lowest BCUT2D eigenvalue weighted by Crippen LogP contribution is -2.47. The third-order valence-electron chi connectivity index (χ3n) is 5.27. The summed E-state index contributed by atoms with van der Waals surface area (Å²) in [5, 5.41) is 3.75. The maximum atomic E-state index is 12.0. The molecule has 4 heteroatoms. The largest absolute Gasteiger partial charge is 0.342 e. The average Bonchev–Trinajstić information content (AvgIpc) is 3.31. The molecule has 0 unspecified atom stereocenters. The summed E-state index contributed by atoms with van der Waals surface area (Å²) in [6, 6.07) is 0.637. The molecule has 0 atom stereocenters. The van der Waals surface area contributed by atoms with E-state index in [0.717, 1.165) is 44.7 Å². The van der Waals surface area contributed by atoms with Crippen molar-refractivity contribution >= 4 is 5.91 Å². The zero-order chi connectivity index (χ0) is 13.9. The fraction of sp³-hybridized carbons (Fsp3) is 0.938. The van der Waals surface area contributed by atoms with Crippen molar-refractivity contribution in [1.29, 1.82) is 0 Å². The highest BCUT2D eigenvalue weighted by molar-refractivity contribution is 5.81. The smallest absolute Gasteiger partial charge is 0.225 e. The highest BCUT2D eigenvalue weighted by Crippen LogP contribution is 2.31. The van der Waals surface area contributed by atoms with Crippen molar-refractivity contribution < 1.29 is 4.79 Å². The molecule has 1 aliphatic carbocycles. The number of hydrogen-bond acceptors (Lipinski definition) is 3. The maximum absolute atomic E-state index is 12.0. The Bertz CT molecular complexity index is 327. The van der Waals surface area contributed by atoms with Crippen LogP contribution in [0.5, 0.6) is 0 Å². The molecule has 4 nitrogen and oxygen atoms in total. The van der Waals surface area contributed by atoms with Crippen molar-refractivity contribution in [2.75, 3.05) is 39.8 Å². The minimum absolute atomic E-state index is 0.388. The van der Waals surface area contributed by atoms with E-state index in [1.165, 1.54) is 32.5 Å². The molecule has 3 aliphatic rings. The molecule has 2 heterocycles. The molecule has 20 heavy (non-hydrogen) atoms.